The molecule has 3 rings (SSSR count). The van der Waals surface area contributed by atoms with Gasteiger partial charge in [-0.1, -0.05) is 0 Å². The Kier molecular flexibility index (Phi) is 11.0. The molecular weight excluding hydrogens is 551 g/mol. The van der Waals surface area contributed by atoms with Crippen LogP contribution in [0.1, 0.15) is 0 Å². The van der Waals surface area contributed by atoms with Crippen LogP contribution in [0.3, 0.4) is 0 Å². The van der Waals surface area contributed by atoms with Crippen molar-refractivity contribution in [2.24, 2.45) is 0 Å². The van der Waals surface area contributed by atoms with Gasteiger partial charge in [-0.05, 0) is 0 Å². The maximum absolute atomic E-state index is 11.2. The van der Waals surface area contributed by atoms with E-state index < -0.39 is 120 Å². The average Bonchev–Trinajstić information content (AvgIpc) is 2.86. The standard InChI is InChI=1S/C18H33O19P/c19-1-4-7(22)8(23)10(25)17(33-4)35-13-6(3-21)34-18(11(26)9(13)24)36-14-5(2-20)32-16(28)15(12(14)27)37-38(29,30)31/h4-28H,1-3H2,(H2,29,30,31)/t4-,5-,6-,7-,8+,9-,10-,11-,12+,13-,14-,15-,16+,17-,18-/m1/s1. The molecule has 0 saturated carbocycles. The number of phosphoric acid groups is 1. The Morgan fingerprint density at radius 2 is 1.00 bits per heavy atom. The summed E-state index contributed by atoms with van der Waals surface area (Å²) >= 11 is 0. The Bertz CT molecular complexity index is 796. The first kappa shape index (κ1) is 32.0. The highest BCUT2D eigenvalue weighted by Crippen LogP contribution is 2.42. The van der Waals surface area contributed by atoms with Crippen molar-refractivity contribution in [2.75, 3.05) is 19.8 Å². The maximum atomic E-state index is 11.2. The molecule has 0 aromatic carbocycles. The molecule has 0 aromatic rings. The number of hydrogen-bond acceptors (Lipinski definition) is 17. The van der Waals surface area contributed by atoms with Gasteiger partial charge in [-0.15, -0.1) is 0 Å². The van der Waals surface area contributed by atoms with Gasteiger partial charge in [0.25, 0.3) is 0 Å². The molecule has 15 atom stereocenters. The van der Waals surface area contributed by atoms with Crippen molar-refractivity contribution >= 4 is 7.82 Å². The first-order chi connectivity index (χ1) is 17.7. The van der Waals surface area contributed by atoms with E-state index in [0.29, 0.717) is 0 Å². The molecule has 12 N–H and O–H groups in total. The fourth-order valence-electron chi connectivity index (χ4n) is 4.32. The highest BCUT2D eigenvalue weighted by Gasteiger charge is 2.54. The Morgan fingerprint density at radius 3 is 1.50 bits per heavy atom. The fourth-order valence-corrected chi connectivity index (χ4v) is 4.87. The summed E-state index contributed by atoms with van der Waals surface area (Å²) in [7, 11) is -5.26. The van der Waals surface area contributed by atoms with Crippen molar-refractivity contribution in [1.29, 1.82) is 0 Å². The van der Waals surface area contributed by atoms with E-state index in [-0.39, 0.29) is 0 Å². The number of hydrogen-bond donors (Lipinski definition) is 12. The molecule has 3 fully saturated rings. The highest BCUT2D eigenvalue weighted by atomic mass is 31.2. The van der Waals surface area contributed by atoms with Crippen LogP contribution in [-0.4, -0.2) is 173 Å². The summed E-state index contributed by atoms with van der Waals surface area (Å²) in [6, 6.07) is 0. The molecule has 0 aromatic heterocycles. The zero-order valence-electron chi connectivity index (χ0n) is 19.5. The van der Waals surface area contributed by atoms with Crippen LogP contribution < -0.4 is 0 Å². The Morgan fingerprint density at radius 1 is 0.553 bits per heavy atom. The minimum Gasteiger partial charge on any atom is -0.394 e. The summed E-state index contributed by atoms with van der Waals surface area (Å²) in [5.74, 6) is 0. The summed E-state index contributed by atoms with van der Waals surface area (Å²) in [5, 5.41) is 100. The van der Waals surface area contributed by atoms with Crippen LogP contribution in [0.25, 0.3) is 0 Å². The molecule has 3 saturated heterocycles. The van der Waals surface area contributed by atoms with Crippen LogP contribution >= 0.6 is 7.82 Å². The molecule has 3 aliphatic rings. The molecular formula is C18H33O19P. The Labute approximate surface area is 214 Å². The molecule has 0 amide bonds. The van der Waals surface area contributed by atoms with E-state index in [0.717, 1.165) is 0 Å². The average molecular weight is 584 g/mol. The van der Waals surface area contributed by atoms with Gasteiger partial charge in [0.2, 0.25) is 0 Å². The summed E-state index contributed by atoms with van der Waals surface area (Å²) in [6.45, 7) is -2.59. The van der Waals surface area contributed by atoms with Gasteiger partial charge in [0.05, 0.1) is 19.8 Å². The Hall–Kier alpha value is -0.490. The van der Waals surface area contributed by atoms with Crippen LogP contribution in [0.2, 0.25) is 0 Å². The Balaban J connectivity index is 1.75. The van der Waals surface area contributed by atoms with Crippen LogP contribution in [0.15, 0.2) is 0 Å². The van der Waals surface area contributed by atoms with Gasteiger partial charge in [0.1, 0.15) is 73.2 Å². The number of aliphatic hydroxyl groups excluding tert-OH is 10. The molecule has 0 bridgehead atoms. The third kappa shape index (κ3) is 6.86. The van der Waals surface area contributed by atoms with Crippen LogP contribution in [-0.2, 0) is 32.8 Å². The molecule has 3 heterocycles. The van der Waals surface area contributed by atoms with Crippen LogP contribution in [0.4, 0.5) is 0 Å². The van der Waals surface area contributed by atoms with Crippen molar-refractivity contribution < 1.29 is 93.6 Å². The van der Waals surface area contributed by atoms with E-state index in [4.69, 9.17) is 33.5 Å². The first-order valence-corrected chi connectivity index (χ1v) is 12.9. The normalized spacial score (nSPS) is 48.7. The maximum Gasteiger partial charge on any atom is 0.470 e. The van der Waals surface area contributed by atoms with Crippen LogP contribution in [0.5, 0.6) is 0 Å². The lowest BCUT2D eigenvalue weighted by molar-refractivity contribution is -0.377. The number of phosphoric ester groups is 1. The molecule has 0 radical (unpaired) electrons. The van der Waals surface area contributed by atoms with E-state index in [9.17, 15) is 55.6 Å². The predicted molar refractivity (Wildman–Crippen MR) is 112 cm³/mol. The summed E-state index contributed by atoms with van der Waals surface area (Å²) in [4.78, 5) is 18.1. The molecule has 0 spiro atoms. The zero-order valence-corrected chi connectivity index (χ0v) is 20.3. The minimum atomic E-state index is -5.26. The molecule has 20 heteroatoms. The van der Waals surface area contributed by atoms with Gasteiger partial charge in [-0.3, -0.25) is 4.52 Å². The van der Waals surface area contributed by atoms with Crippen molar-refractivity contribution in [1.82, 2.24) is 0 Å². The highest BCUT2D eigenvalue weighted by molar-refractivity contribution is 7.46. The molecule has 224 valence electrons. The van der Waals surface area contributed by atoms with E-state index >= 15 is 0 Å². The van der Waals surface area contributed by atoms with Crippen molar-refractivity contribution in [3.05, 3.63) is 0 Å². The number of ether oxygens (including phenoxy) is 5. The molecule has 0 aliphatic carbocycles. The number of rotatable bonds is 9. The largest absolute Gasteiger partial charge is 0.470 e. The lowest BCUT2D eigenvalue weighted by Gasteiger charge is -2.48. The quantitative estimate of drug-likeness (QED) is 0.112. The van der Waals surface area contributed by atoms with Gasteiger partial charge in [-0.2, -0.15) is 0 Å². The number of aliphatic hydroxyl groups is 10. The van der Waals surface area contributed by atoms with E-state index in [1.165, 1.54) is 0 Å². The lowest BCUT2D eigenvalue weighted by Crippen LogP contribution is -2.66. The molecule has 0 unspecified atom stereocenters. The van der Waals surface area contributed by atoms with E-state index in [2.05, 4.69) is 4.52 Å². The summed E-state index contributed by atoms with van der Waals surface area (Å²) < 4.78 is 41.9. The fraction of sp³-hybridized carbons (Fsp3) is 1.00. The zero-order chi connectivity index (χ0) is 28.5. The van der Waals surface area contributed by atoms with E-state index in [1.54, 1.807) is 0 Å². The molecule has 19 nitrogen and oxygen atoms in total. The topological polar surface area (TPSA) is 315 Å². The van der Waals surface area contributed by atoms with Gasteiger partial charge in [-0.25, -0.2) is 4.57 Å². The third-order valence-electron chi connectivity index (χ3n) is 6.33. The second-order valence-electron chi connectivity index (χ2n) is 8.90. The lowest BCUT2D eigenvalue weighted by atomic mass is 9.96. The SMILES string of the molecule is O=P(O)(O)O[C@@H]1[C@@H](O)[C@H](O[C@H]2O[C@H](CO)[C@@H](O[C@H]3O[C@H](CO)[C@@H](O)[C@H](O)[C@H]3O)[C@H](O)[C@H]2O)[C@@H](CO)O[C@@H]1O. The first-order valence-electron chi connectivity index (χ1n) is 11.3. The van der Waals surface area contributed by atoms with Crippen molar-refractivity contribution in [3.8, 4) is 0 Å². The summed E-state index contributed by atoms with van der Waals surface area (Å²) in [5.41, 5.74) is 0. The third-order valence-corrected chi connectivity index (χ3v) is 6.84. The summed E-state index contributed by atoms with van der Waals surface area (Å²) in [6.07, 6.45) is -27.2. The smallest absolute Gasteiger partial charge is 0.394 e. The van der Waals surface area contributed by atoms with Crippen molar-refractivity contribution in [2.45, 2.75) is 92.1 Å². The van der Waals surface area contributed by atoms with Crippen LogP contribution in [0, 0.1) is 0 Å². The predicted octanol–water partition coefficient (Wildman–Crippen LogP) is -7.46. The van der Waals surface area contributed by atoms with E-state index in [1.807, 2.05) is 0 Å². The monoisotopic (exact) mass is 584 g/mol. The van der Waals surface area contributed by atoms with Gasteiger partial charge in [0.15, 0.2) is 18.9 Å². The van der Waals surface area contributed by atoms with Gasteiger partial charge in [0, 0.05) is 0 Å². The molecule has 3 aliphatic heterocycles. The van der Waals surface area contributed by atoms with Crippen molar-refractivity contribution in [3.63, 3.8) is 0 Å². The van der Waals surface area contributed by atoms with Gasteiger partial charge < -0.3 is 84.5 Å². The second-order valence-corrected chi connectivity index (χ2v) is 10.1. The minimum absolute atomic E-state index is 0.782. The second kappa shape index (κ2) is 13.0. The molecule has 38 heavy (non-hydrogen) atoms. The van der Waals surface area contributed by atoms with Gasteiger partial charge >= 0.3 is 7.82 Å².